The van der Waals surface area contributed by atoms with Crippen molar-refractivity contribution in [3.63, 3.8) is 0 Å². The Morgan fingerprint density at radius 2 is 1.90 bits per heavy atom. The van der Waals surface area contributed by atoms with Gasteiger partial charge in [0.15, 0.2) is 0 Å². The average molecular weight is 289 g/mol. The quantitative estimate of drug-likeness (QED) is 0.725. The maximum Gasteiger partial charge on any atom is 0.340 e. The van der Waals surface area contributed by atoms with Crippen molar-refractivity contribution in [1.29, 1.82) is 0 Å². The van der Waals surface area contributed by atoms with Gasteiger partial charge in [0.1, 0.15) is 5.82 Å². The summed E-state index contributed by atoms with van der Waals surface area (Å²) in [6.07, 6.45) is 7.42. The monoisotopic (exact) mass is 289 g/mol. The van der Waals surface area contributed by atoms with Crippen molar-refractivity contribution in [3.8, 4) is 0 Å². The predicted molar refractivity (Wildman–Crippen MR) is 77.8 cm³/mol. The van der Waals surface area contributed by atoms with Crippen molar-refractivity contribution in [2.24, 2.45) is 0 Å². The molecule has 0 saturated carbocycles. The van der Waals surface area contributed by atoms with Gasteiger partial charge in [-0.05, 0) is 19.3 Å². The molecule has 8 nitrogen and oxygen atoms in total. The summed E-state index contributed by atoms with van der Waals surface area (Å²) >= 11 is 0. The van der Waals surface area contributed by atoms with Crippen LogP contribution in [-0.4, -0.2) is 38.2 Å². The normalized spacial score (nSPS) is 15.3. The van der Waals surface area contributed by atoms with Crippen LogP contribution in [0.3, 0.4) is 0 Å². The molecule has 3 rings (SSSR count). The largest absolute Gasteiger partial charge is 0.341 e. The fourth-order valence-electron chi connectivity index (χ4n) is 2.41. The number of aromatic amines is 2. The van der Waals surface area contributed by atoms with Gasteiger partial charge in [-0.1, -0.05) is 0 Å². The van der Waals surface area contributed by atoms with Gasteiger partial charge in [0.2, 0.25) is 5.95 Å². The second-order valence-electron chi connectivity index (χ2n) is 5.17. The molecule has 0 spiro atoms. The van der Waals surface area contributed by atoms with Crippen LogP contribution in [0.5, 0.6) is 0 Å². The summed E-state index contributed by atoms with van der Waals surface area (Å²) in [4.78, 5) is 24.6. The fraction of sp³-hybridized carbons (Fsp3) is 0.538. The molecule has 0 radical (unpaired) electrons. The Hall–Kier alpha value is -2.22. The van der Waals surface area contributed by atoms with E-state index >= 15 is 0 Å². The molecule has 0 aromatic carbocycles. The first-order valence-corrected chi connectivity index (χ1v) is 7.21. The lowest BCUT2D eigenvalue weighted by Gasteiger charge is -2.26. The van der Waals surface area contributed by atoms with Crippen LogP contribution in [0.1, 0.15) is 30.7 Å². The fourth-order valence-corrected chi connectivity index (χ4v) is 2.41. The molecule has 0 atom stereocenters. The number of anilines is 1. The number of hydrogen-bond donors (Lipinski definition) is 3. The SMILES string of the molecule is O=c1[nH]nc(CNCc2cnc(N3CCCCC3)nc2)[nH]1. The van der Waals surface area contributed by atoms with Gasteiger partial charge >= 0.3 is 5.69 Å². The minimum atomic E-state index is -0.291. The van der Waals surface area contributed by atoms with Crippen molar-refractivity contribution in [1.82, 2.24) is 30.5 Å². The van der Waals surface area contributed by atoms with E-state index in [1.165, 1.54) is 19.3 Å². The lowest BCUT2D eigenvalue weighted by Crippen LogP contribution is -2.31. The van der Waals surface area contributed by atoms with Crippen LogP contribution in [0, 0.1) is 0 Å². The zero-order valence-corrected chi connectivity index (χ0v) is 11.8. The molecule has 8 heteroatoms. The summed E-state index contributed by atoms with van der Waals surface area (Å²) in [7, 11) is 0. The molecule has 1 aliphatic heterocycles. The van der Waals surface area contributed by atoms with E-state index in [1.807, 2.05) is 12.4 Å². The number of hydrogen-bond acceptors (Lipinski definition) is 6. The summed E-state index contributed by atoms with van der Waals surface area (Å²) in [6.45, 7) is 3.22. The maximum atomic E-state index is 10.9. The molecule has 1 fully saturated rings. The number of nitrogens with one attached hydrogen (secondary N) is 3. The second kappa shape index (κ2) is 6.49. The minimum Gasteiger partial charge on any atom is -0.341 e. The molecule has 1 aliphatic rings. The van der Waals surface area contributed by atoms with Crippen molar-refractivity contribution in [2.45, 2.75) is 32.4 Å². The number of piperidine rings is 1. The van der Waals surface area contributed by atoms with E-state index < -0.39 is 0 Å². The summed E-state index contributed by atoms with van der Waals surface area (Å²) < 4.78 is 0. The molecular formula is C13H19N7O. The lowest BCUT2D eigenvalue weighted by atomic mass is 10.1. The van der Waals surface area contributed by atoms with Crippen molar-refractivity contribution >= 4 is 5.95 Å². The van der Waals surface area contributed by atoms with Gasteiger partial charge in [-0.15, -0.1) is 0 Å². The molecule has 112 valence electrons. The molecule has 0 aliphatic carbocycles. The molecule has 0 amide bonds. The Labute approximate surface area is 122 Å². The van der Waals surface area contributed by atoms with E-state index in [9.17, 15) is 4.79 Å². The molecule has 2 aromatic heterocycles. The van der Waals surface area contributed by atoms with Crippen molar-refractivity contribution < 1.29 is 0 Å². The molecule has 3 heterocycles. The highest BCUT2D eigenvalue weighted by molar-refractivity contribution is 5.30. The van der Waals surface area contributed by atoms with Crippen molar-refractivity contribution in [3.05, 3.63) is 34.3 Å². The van der Waals surface area contributed by atoms with Crippen LogP contribution in [0.2, 0.25) is 0 Å². The van der Waals surface area contributed by atoms with Gasteiger partial charge in [0, 0.05) is 37.6 Å². The van der Waals surface area contributed by atoms with Gasteiger partial charge in [-0.3, -0.25) is 4.98 Å². The summed E-state index contributed by atoms with van der Waals surface area (Å²) in [5.41, 5.74) is 0.717. The zero-order chi connectivity index (χ0) is 14.5. The van der Waals surface area contributed by atoms with Gasteiger partial charge in [0.05, 0.1) is 6.54 Å². The average Bonchev–Trinajstić information content (AvgIpc) is 2.94. The van der Waals surface area contributed by atoms with E-state index in [1.54, 1.807) is 0 Å². The van der Waals surface area contributed by atoms with E-state index in [2.05, 4.69) is 35.4 Å². The smallest absolute Gasteiger partial charge is 0.340 e. The van der Waals surface area contributed by atoms with Gasteiger partial charge < -0.3 is 10.2 Å². The number of rotatable bonds is 5. The van der Waals surface area contributed by atoms with E-state index in [0.717, 1.165) is 24.6 Å². The lowest BCUT2D eigenvalue weighted by molar-refractivity contribution is 0.567. The van der Waals surface area contributed by atoms with E-state index in [0.29, 0.717) is 18.9 Å². The maximum absolute atomic E-state index is 10.9. The highest BCUT2D eigenvalue weighted by Crippen LogP contribution is 2.14. The third kappa shape index (κ3) is 3.66. The van der Waals surface area contributed by atoms with Crippen LogP contribution >= 0.6 is 0 Å². The minimum absolute atomic E-state index is 0.291. The standard InChI is InChI=1S/C13H19N7O/c21-13-17-11(18-19-13)9-14-6-10-7-15-12(16-8-10)20-4-2-1-3-5-20/h7-8,14H,1-6,9H2,(H2,17,18,19,21). The first-order chi connectivity index (χ1) is 10.3. The molecule has 3 N–H and O–H groups in total. The Morgan fingerprint density at radius 1 is 1.14 bits per heavy atom. The predicted octanol–water partition coefficient (Wildman–Crippen LogP) is 0.168. The molecule has 21 heavy (non-hydrogen) atoms. The Morgan fingerprint density at radius 3 is 2.57 bits per heavy atom. The van der Waals surface area contributed by atoms with Crippen LogP contribution < -0.4 is 15.9 Å². The Bertz CT molecular complexity index is 612. The van der Waals surface area contributed by atoms with Crippen LogP contribution in [0.15, 0.2) is 17.2 Å². The third-order valence-electron chi connectivity index (χ3n) is 3.50. The molecule has 0 unspecified atom stereocenters. The zero-order valence-electron chi connectivity index (χ0n) is 11.8. The highest BCUT2D eigenvalue weighted by Gasteiger charge is 2.12. The van der Waals surface area contributed by atoms with Crippen LogP contribution in [0.25, 0.3) is 0 Å². The van der Waals surface area contributed by atoms with Crippen LogP contribution in [-0.2, 0) is 13.1 Å². The molecule has 2 aromatic rings. The highest BCUT2D eigenvalue weighted by atomic mass is 16.1. The first-order valence-electron chi connectivity index (χ1n) is 7.21. The van der Waals surface area contributed by atoms with Gasteiger partial charge in [-0.2, -0.15) is 5.10 Å². The summed E-state index contributed by atoms with van der Waals surface area (Å²) in [5.74, 6) is 1.40. The Kier molecular flexibility index (Phi) is 4.25. The van der Waals surface area contributed by atoms with Gasteiger partial charge in [-0.25, -0.2) is 19.9 Å². The first kappa shape index (κ1) is 13.7. The van der Waals surface area contributed by atoms with E-state index in [-0.39, 0.29) is 5.69 Å². The third-order valence-corrected chi connectivity index (χ3v) is 3.50. The number of nitrogens with zero attached hydrogens (tertiary/aromatic N) is 4. The van der Waals surface area contributed by atoms with Crippen molar-refractivity contribution in [2.75, 3.05) is 18.0 Å². The molecular weight excluding hydrogens is 270 g/mol. The van der Waals surface area contributed by atoms with E-state index in [4.69, 9.17) is 0 Å². The van der Waals surface area contributed by atoms with Crippen LogP contribution in [0.4, 0.5) is 5.95 Å². The van der Waals surface area contributed by atoms with Gasteiger partial charge in [0.25, 0.3) is 0 Å². The number of H-pyrrole nitrogens is 2. The Balaban J connectivity index is 1.51. The summed E-state index contributed by atoms with van der Waals surface area (Å²) in [5, 5.41) is 9.34. The molecule has 1 saturated heterocycles. The summed E-state index contributed by atoms with van der Waals surface area (Å²) in [6, 6.07) is 0. The second-order valence-corrected chi connectivity index (χ2v) is 5.17. The topological polar surface area (TPSA) is 103 Å². The number of aromatic nitrogens is 5. The molecule has 0 bridgehead atoms.